The number of Topliss-reactive ketones (excluding diaryl/α,β-unsaturated/α-hetero) is 4. The van der Waals surface area contributed by atoms with Gasteiger partial charge in [0, 0.05) is 5.92 Å². The van der Waals surface area contributed by atoms with E-state index >= 15 is 9.59 Å². The third kappa shape index (κ3) is 6.51. The van der Waals surface area contributed by atoms with Crippen LogP contribution < -0.4 is 0 Å². The molecule has 5 heteroatoms. The first-order valence-electron chi connectivity index (χ1n) is 16.8. The number of fused-ring (bicyclic) bond motifs is 2. The highest BCUT2D eigenvalue weighted by molar-refractivity contribution is 9.10. The topological polar surface area (TPSA) is 68.3 Å². The molecule has 0 aliphatic heterocycles. The van der Waals surface area contributed by atoms with Crippen LogP contribution in [0.1, 0.15) is 147 Å². The van der Waals surface area contributed by atoms with Gasteiger partial charge in [-0.15, -0.1) is 0 Å². The second kappa shape index (κ2) is 13.9. The number of hydrogen-bond acceptors (Lipinski definition) is 4. The zero-order valence-corrected chi connectivity index (χ0v) is 29.8. The van der Waals surface area contributed by atoms with Crippen LogP contribution in [-0.2, 0) is 19.2 Å². The maximum absolute atomic E-state index is 15.3. The van der Waals surface area contributed by atoms with Crippen molar-refractivity contribution in [3.05, 3.63) is 0 Å². The van der Waals surface area contributed by atoms with Crippen LogP contribution >= 0.6 is 15.9 Å². The minimum atomic E-state index is -1.80. The van der Waals surface area contributed by atoms with Crippen molar-refractivity contribution in [2.45, 2.75) is 151 Å². The molecular formula is C36H61BrO4. The van der Waals surface area contributed by atoms with Gasteiger partial charge in [0.1, 0.15) is 4.32 Å². The Morgan fingerprint density at radius 3 is 1.76 bits per heavy atom. The van der Waals surface area contributed by atoms with Crippen molar-refractivity contribution in [1.29, 1.82) is 0 Å². The molecule has 2 saturated carbocycles. The number of halogens is 1. The van der Waals surface area contributed by atoms with Crippen LogP contribution in [0.3, 0.4) is 0 Å². The Hall–Kier alpha value is -0.840. The number of alkyl halides is 1. The van der Waals surface area contributed by atoms with Gasteiger partial charge in [0.2, 0.25) is 0 Å². The zero-order valence-electron chi connectivity index (χ0n) is 28.3. The summed E-state index contributed by atoms with van der Waals surface area (Å²) in [5, 5.41) is 0. The number of ketones is 4. The van der Waals surface area contributed by atoms with E-state index in [1.165, 1.54) is 0 Å². The van der Waals surface area contributed by atoms with Crippen molar-refractivity contribution in [1.82, 2.24) is 0 Å². The summed E-state index contributed by atoms with van der Waals surface area (Å²) >= 11 is 3.78. The maximum atomic E-state index is 15.3. The van der Waals surface area contributed by atoms with Gasteiger partial charge in [-0.05, 0) is 86.4 Å². The molecule has 2 aliphatic carbocycles. The molecule has 41 heavy (non-hydrogen) atoms. The van der Waals surface area contributed by atoms with Crippen LogP contribution in [0.5, 0.6) is 0 Å². The van der Waals surface area contributed by atoms with Crippen molar-refractivity contribution in [3.8, 4) is 0 Å². The molecule has 4 nitrogen and oxygen atoms in total. The monoisotopic (exact) mass is 636 g/mol. The Morgan fingerprint density at radius 2 is 1.27 bits per heavy atom. The summed E-state index contributed by atoms with van der Waals surface area (Å²) in [4.78, 5) is 60.3. The molecule has 0 radical (unpaired) electrons. The summed E-state index contributed by atoms with van der Waals surface area (Å²) in [6, 6.07) is 0. The van der Waals surface area contributed by atoms with Gasteiger partial charge in [-0.2, -0.15) is 0 Å². The smallest absolute Gasteiger partial charge is 0.178 e. The van der Waals surface area contributed by atoms with E-state index in [9.17, 15) is 9.59 Å². The summed E-state index contributed by atoms with van der Waals surface area (Å²) in [6.07, 6.45) is 7.41. The predicted octanol–water partition coefficient (Wildman–Crippen LogP) is 9.59. The fraction of sp³-hybridized carbons (Fsp3) is 0.889. The first-order chi connectivity index (χ1) is 18.9. The first kappa shape index (κ1) is 36.4. The van der Waals surface area contributed by atoms with Crippen molar-refractivity contribution in [2.24, 2.45) is 51.8 Å². The van der Waals surface area contributed by atoms with Crippen molar-refractivity contribution >= 4 is 39.1 Å². The molecule has 2 bridgehead atoms. The van der Waals surface area contributed by atoms with Crippen molar-refractivity contribution in [3.63, 3.8) is 0 Å². The van der Waals surface area contributed by atoms with Gasteiger partial charge in [-0.3, -0.25) is 19.2 Å². The predicted molar refractivity (Wildman–Crippen MR) is 173 cm³/mol. The lowest BCUT2D eigenvalue weighted by Crippen LogP contribution is -2.78. The van der Waals surface area contributed by atoms with E-state index in [1.54, 1.807) is 0 Å². The molecule has 0 spiro atoms. The van der Waals surface area contributed by atoms with Crippen LogP contribution in [0, 0.1) is 51.8 Å². The third-order valence-corrected chi connectivity index (χ3v) is 12.0. The van der Waals surface area contributed by atoms with E-state index in [2.05, 4.69) is 78.2 Å². The fourth-order valence-electron chi connectivity index (χ4n) is 7.86. The number of carbonyl (C=O) groups is 4. The molecule has 2 rings (SSSR count). The molecule has 2 fully saturated rings. The Labute approximate surface area is 260 Å². The molecule has 0 heterocycles. The van der Waals surface area contributed by atoms with E-state index in [4.69, 9.17) is 0 Å². The lowest BCUT2D eigenvalue weighted by molar-refractivity contribution is -0.190. The molecule has 0 saturated heterocycles. The molecular weight excluding hydrogens is 576 g/mol. The highest BCUT2D eigenvalue weighted by Gasteiger charge is 2.81. The minimum absolute atomic E-state index is 0.0509. The lowest BCUT2D eigenvalue weighted by Gasteiger charge is -2.64. The lowest BCUT2D eigenvalue weighted by atomic mass is 9.35. The van der Waals surface area contributed by atoms with Gasteiger partial charge in [0.25, 0.3) is 0 Å². The Balaban J connectivity index is 3.01. The van der Waals surface area contributed by atoms with Crippen LogP contribution in [0.2, 0.25) is 0 Å². The number of carbonyl (C=O) groups excluding carboxylic acids is 4. The van der Waals surface area contributed by atoms with E-state index < -0.39 is 32.3 Å². The van der Waals surface area contributed by atoms with Gasteiger partial charge >= 0.3 is 0 Å². The molecule has 6 atom stereocenters. The van der Waals surface area contributed by atoms with Gasteiger partial charge in [-0.1, -0.05) is 111 Å². The van der Waals surface area contributed by atoms with Crippen molar-refractivity contribution in [2.75, 3.05) is 0 Å². The summed E-state index contributed by atoms with van der Waals surface area (Å²) in [5.41, 5.74) is -3.93. The zero-order chi connectivity index (χ0) is 31.6. The average Bonchev–Trinajstić information content (AvgIpc) is 2.88. The van der Waals surface area contributed by atoms with E-state index in [-0.39, 0.29) is 29.2 Å². The second-order valence-electron chi connectivity index (χ2n) is 15.7. The first-order valence-corrected chi connectivity index (χ1v) is 17.6. The van der Waals surface area contributed by atoms with E-state index in [1.807, 2.05) is 13.8 Å². The highest BCUT2D eigenvalue weighted by Crippen LogP contribution is 2.68. The molecule has 236 valence electrons. The van der Waals surface area contributed by atoms with Crippen LogP contribution in [0.4, 0.5) is 0 Å². The van der Waals surface area contributed by atoms with Crippen LogP contribution in [0.15, 0.2) is 0 Å². The standard InChI is InChI=1S/C36H61BrO4/c1-12-27(10)29(38)36-31(40)34(20-17-25(6)7,30(39)35(37,32(36)41)21-18-26(8)9)22-28(16-15-24(4)5)33(36,11)19-13-14-23(2)3/h23-28H,12-22H2,1-11H3/t27?,28-,33+,34+,35?,36+/m0/s1. The molecule has 2 unspecified atom stereocenters. The van der Waals surface area contributed by atoms with Gasteiger partial charge in [-0.25, -0.2) is 0 Å². The molecule has 0 aromatic carbocycles. The Bertz CT molecular complexity index is 957. The van der Waals surface area contributed by atoms with Crippen LogP contribution in [0.25, 0.3) is 0 Å². The Morgan fingerprint density at radius 1 is 0.756 bits per heavy atom. The van der Waals surface area contributed by atoms with Gasteiger partial charge in [0.15, 0.2) is 28.5 Å². The van der Waals surface area contributed by atoms with Crippen LogP contribution in [-0.4, -0.2) is 27.5 Å². The number of hydrogen-bond donors (Lipinski definition) is 0. The Kier molecular flexibility index (Phi) is 12.3. The summed E-state index contributed by atoms with van der Waals surface area (Å²) < 4.78 is -1.51. The average molecular weight is 638 g/mol. The fourth-order valence-corrected chi connectivity index (χ4v) is 8.77. The molecule has 0 aromatic rings. The molecule has 2 aliphatic rings. The van der Waals surface area contributed by atoms with Gasteiger partial charge < -0.3 is 0 Å². The maximum Gasteiger partial charge on any atom is 0.178 e. The number of rotatable bonds is 16. The quantitative estimate of drug-likeness (QED) is 0.125. The van der Waals surface area contributed by atoms with E-state index in [0.717, 1.165) is 25.7 Å². The second-order valence-corrected chi connectivity index (χ2v) is 17.1. The molecule has 0 N–H and O–H groups in total. The van der Waals surface area contributed by atoms with Gasteiger partial charge in [0.05, 0.1) is 5.41 Å². The van der Waals surface area contributed by atoms with E-state index in [0.29, 0.717) is 62.7 Å². The third-order valence-electron chi connectivity index (χ3n) is 10.8. The normalized spacial score (nSPS) is 33.0. The summed E-state index contributed by atoms with van der Waals surface area (Å²) in [7, 11) is 0. The van der Waals surface area contributed by atoms with Crippen molar-refractivity contribution < 1.29 is 19.2 Å². The summed E-state index contributed by atoms with van der Waals surface area (Å²) in [6.45, 7) is 23.1. The molecule has 0 amide bonds. The largest absolute Gasteiger partial charge is 0.298 e. The highest BCUT2D eigenvalue weighted by atomic mass is 79.9. The summed E-state index contributed by atoms with van der Waals surface area (Å²) in [5.74, 6) is -0.234. The minimum Gasteiger partial charge on any atom is -0.298 e. The molecule has 0 aromatic heterocycles. The SMILES string of the molecule is CCC(C)C(=O)[C@@]12C(=O)C(Br)(CCC(C)C)C(=O)[C@@](CCC(C)C)(C[C@H](CCC(C)C)[C@@]1(C)CCCC(C)C)C2=O.